The minimum atomic E-state index is -0.992. The topological polar surface area (TPSA) is 49.3 Å². The molecule has 1 saturated carbocycles. The van der Waals surface area contributed by atoms with Gasteiger partial charge in [0.05, 0.1) is 6.54 Å². The van der Waals surface area contributed by atoms with Crippen LogP contribution in [-0.2, 0) is 10.4 Å². The van der Waals surface area contributed by atoms with Gasteiger partial charge in [0.15, 0.2) is 0 Å². The minimum absolute atomic E-state index is 0.0662. The van der Waals surface area contributed by atoms with Crippen molar-refractivity contribution in [2.75, 3.05) is 6.54 Å². The van der Waals surface area contributed by atoms with E-state index in [0.717, 1.165) is 16.5 Å². The molecular formula is C15H20BrNO2. The fraction of sp³-hybridized carbons (Fsp3) is 0.533. The maximum absolute atomic E-state index is 11.8. The lowest BCUT2D eigenvalue weighted by Gasteiger charge is -2.27. The number of halogens is 1. The van der Waals surface area contributed by atoms with Crippen molar-refractivity contribution in [3.05, 3.63) is 34.3 Å². The van der Waals surface area contributed by atoms with Crippen LogP contribution in [0.4, 0.5) is 0 Å². The van der Waals surface area contributed by atoms with Crippen molar-refractivity contribution in [2.45, 2.75) is 32.3 Å². The number of amides is 1. The SMILES string of the molecule is CCC(O)(CNC(=O)C1CC1C)c1ccc(Br)cc1. The minimum Gasteiger partial charge on any atom is -0.383 e. The lowest BCUT2D eigenvalue weighted by molar-refractivity contribution is -0.124. The quantitative estimate of drug-likeness (QED) is 0.874. The zero-order valence-corrected chi connectivity index (χ0v) is 12.9. The first-order valence-electron chi connectivity index (χ1n) is 6.72. The van der Waals surface area contributed by atoms with Crippen molar-refractivity contribution in [2.24, 2.45) is 11.8 Å². The van der Waals surface area contributed by atoms with Gasteiger partial charge in [0.1, 0.15) is 5.60 Å². The lowest BCUT2D eigenvalue weighted by atomic mass is 9.91. The third kappa shape index (κ3) is 3.37. The third-order valence-electron chi connectivity index (χ3n) is 3.97. The second kappa shape index (κ2) is 5.63. The third-order valence-corrected chi connectivity index (χ3v) is 4.50. The molecule has 1 aromatic carbocycles. The van der Waals surface area contributed by atoms with Gasteiger partial charge >= 0.3 is 0 Å². The molecule has 2 rings (SSSR count). The molecule has 0 aliphatic heterocycles. The van der Waals surface area contributed by atoms with Gasteiger partial charge in [0.2, 0.25) is 5.91 Å². The summed E-state index contributed by atoms with van der Waals surface area (Å²) in [6.07, 6.45) is 1.53. The van der Waals surface area contributed by atoms with E-state index in [1.54, 1.807) is 0 Å². The number of rotatable bonds is 5. The Labute approximate surface area is 122 Å². The molecule has 0 saturated heterocycles. The summed E-state index contributed by atoms with van der Waals surface area (Å²) in [4.78, 5) is 11.8. The molecule has 0 spiro atoms. The molecule has 3 atom stereocenters. The molecule has 0 aromatic heterocycles. The number of hydrogen-bond donors (Lipinski definition) is 2. The van der Waals surface area contributed by atoms with E-state index in [1.807, 2.05) is 31.2 Å². The van der Waals surface area contributed by atoms with Gasteiger partial charge in [-0.2, -0.15) is 0 Å². The first-order chi connectivity index (χ1) is 8.96. The predicted octanol–water partition coefficient (Wildman–Crippen LogP) is 2.82. The first-order valence-corrected chi connectivity index (χ1v) is 7.51. The number of hydrogen-bond acceptors (Lipinski definition) is 2. The van der Waals surface area contributed by atoms with Gasteiger partial charge < -0.3 is 10.4 Å². The maximum Gasteiger partial charge on any atom is 0.223 e. The summed E-state index contributed by atoms with van der Waals surface area (Å²) in [6.45, 7) is 4.27. The zero-order valence-electron chi connectivity index (χ0n) is 11.3. The molecular weight excluding hydrogens is 306 g/mol. The number of nitrogens with one attached hydrogen (secondary N) is 1. The molecule has 1 aromatic rings. The van der Waals surface area contributed by atoms with E-state index in [9.17, 15) is 9.90 Å². The van der Waals surface area contributed by atoms with Crippen molar-refractivity contribution < 1.29 is 9.90 Å². The standard InChI is InChI=1S/C15H20BrNO2/c1-3-15(19,11-4-6-12(16)7-5-11)9-17-14(18)13-8-10(13)2/h4-7,10,13,19H,3,8-9H2,1-2H3,(H,17,18). The fourth-order valence-corrected chi connectivity index (χ4v) is 2.51. The Bertz CT molecular complexity index is 460. The summed E-state index contributed by atoms with van der Waals surface area (Å²) in [7, 11) is 0. The average molecular weight is 326 g/mol. The summed E-state index contributed by atoms with van der Waals surface area (Å²) in [5, 5.41) is 13.5. The fourth-order valence-electron chi connectivity index (χ4n) is 2.24. The van der Waals surface area contributed by atoms with Crippen molar-refractivity contribution >= 4 is 21.8 Å². The van der Waals surface area contributed by atoms with Crippen LogP contribution in [0.25, 0.3) is 0 Å². The Hall–Kier alpha value is -0.870. The van der Waals surface area contributed by atoms with Crippen molar-refractivity contribution in [3.8, 4) is 0 Å². The molecule has 1 aliphatic rings. The van der Waals surface area contributed by atoms with Crippen molar-refractivity contribution in [1.29, 1.82) is 0 Å². The number of benzene rings is 1. The molecule has 0 radical (unpaired) electrons. The second-order valence-corrected chi connectivity index (χ2v) is 6.34. The van der Waals surface area contributed by atoms with Gasteiger partial charge in [-0.25, -0.2) is 0 Å². The molecule has 104 valence electrons. The van der Waals surface area contributed by atoms with Gasteiger partial charge in [-0.15, -0.1) is 0 Å². The molecule has 0 bridgehead atoms. The van der Waals surface area contributed by atoms with Gasteiger partial charge in [-0.1, -0.05) is 41.9 Å². The second-order valence-electron chi connectivity index (χ2n) is 5.43. The molecule has 19 heavy (non-hydrogen) atoms. The highest BCUT2D eigenvalue weighted by molar-refractivity contribution is 9.10. The zero-order chi connectivity index (χ0) is 14.0. The first kappa shape index (κ1) is 14.5. The number of carbonyl (C=O) groups excluding carboxylic acids is 1. The predicted molar refractivity (Wildman–Crippen MR) is 78.6 cm³/mol. The molecule has 0 heterocycles. The Morgan fingerprint density at radius 3 is 2.53 bits per heavy atom. The van der Waals surface area contributed by atoms with Crippen LogP contribution in [0.2, 0.25) is 0 Å². The molecule has 1 fully saturated rings. The van der Waals surface area contributed by atoms with Gasteiger partial charge in [-0.3, -0.25) is 4.79 Å². The Morgan fingerprint density at radius 1 is 1.47 bits per heavy atom. The molecule has 3 nitrogen and oxygen atoms in total. The molecule has 3 unspecified atom stereocenters. The summed E-state index contributed by atoms with van der Waals surface area (Å²) in [5.74, 6) is 0.699. The Balaban J connectivity index is 2.01. The largest absolute Gasteiger partial charge is 0.383 e. The molecule has 1 aliphatic carbocycles. The highest BCUT2D eigenvalue weighted by atomic mass is 79.9. The van der Waals surface area contributed by atoms with Crippen LogP contribution in [0.5, 0.6) is 0 Å². The normalized spacial score (nSPS) is 24.6. The molecule has 1 amide bonds. The lowest BCUT2D eigenvalue weighted by Crippen LogP contribution is -2.41. The van der Waals surface area contributed by atoms with Crippen molar-refractivity contribution in [1.82, 2.24) is 5.32 Å². The summed E-state index contributed by atoms with van der Waals surface area (Å²) < 4.78 is 0.977. The van der Waals surface area contributed by atoms with Crippen LogP contribution in [0.1, 0.15) is 32.3 Å². The van der Waals surface area contributed by atoms with Crippen LogP contribution in [0.3, 0.4) is 0 Å². The highest BCUT2D eigenvalue weighted by Crippen LogP contribution is 2.37. The van der Waals surface area contributed by atoms with E-state index in [2.05, 4.69) is 28.2 Å². The molecule has 2 N–H and O–H groups in total. The molecule has 4 heteroatoms. The van der Waals surface area contributed by atoms with Crippen LogP contribution in [-0.4, -0.2) is 17.6 Å². The van der Waals surface area contributed by atoms with Crippen LogP contribution in [0.15, 0.2) is 28.7 Å². The number of carbonyl (C=O) groups is 1. The van der Waals surface area contributed by atoms with Crippen LogP contribution in [0, 0.1) is 11.8 Å². The van der Waals surface area contributed by atoms with Gasteiger partial charge in [0, 0.05) is 10.4 Å². The average Bonchev–Trinajstić information content (AvgIpc) is 3.13. The van der Waals surface area contributed by atoms with E-state index in [4.69, 9.17) is 0 Å². The van der Waals surface area contributed by atoms with Crippen LogP contribution < -0.4 is 5.32 Å². The Morgan fingerprint density at radius 2 is 2.05 bits per heavy atom. The van der Waals surface area contributed by atoms with Crippen molar-refractivity contribution in [3.63, 3.8) is 0 Å². The van der Waals surface area contributed by atoms with Crippen LogP contribution >= 0.6 is 15.9 Å². The maximum atomic E-state index is 11.8. The highest BCUT2D eigenvalue weighted by Gasteiger charge is 2.40. The smallest absolute Gasteiger partial charge is 0.223 e. The van der Waals surface area contributed by atoms with Gasteiger partial charge in [0.25, 0.3) is 0 Å². The summed E-state index contributed by atoms with van der Waals surface area (Å²) in [6, 6.07) is 7.58. The van der Waals surface area contributed by atoms with E-state index < -0.39 is 5.60 Å². The monoisotopic (exact) mass is 325 g/mol. The number of aliphatic hydroxyl groups is 1. The van der Waals surface area contributed by atoms with E-state index in [1.165, 1.54) is 0 Å². The van der Waals surface area contributed by atoms with E-state index in [-0.39, 0.29) is 18.4 Å². The summed E-state index contributed by atoms with van der Waals surface area (Å²) in [5.41, 5.74) is -0.156. The van der Waals surface area contributed by atoms with E-state index in [0.29, 0.717) is 12.3 Å². The summed E-state index contributed by atoms with van der Waals surface area (Å²) >= 11 is 3.38. The Kier molecular flexibility index (Phi) is 4.31. The van der Waals surface area contributed by atoms with Gasteiger partial charge in [-0.05, 0) is 36.5 Å². The van der Waals surface area contributed by atoms with E-state index >= 15 is 0 Å².